The summed E-state index contributed by atoms with van der Waals surface area (Å²) in [6, 6.07) is 10.4. The minimum absolute atomic E-state index is 0.0452. The smallest absolute Gasteiger partial charge is 0.254 e. The maximum absolute atomic E-state index is 12.6. The maximum Gasteiger partial charge on any atom is 0.254 e. The van der Waals surface area contributed by atoms with Gasteiger partial charge < -0.3 is 10.0 Å². The number of rotatable bonds is 2. The van der Waals surface area contributed by atoms with Crippen molar-refractivity contribution in [2.75, 3.05) is 24.6 Å². The molecule has 20 heavy (non-hydrogen) atoms. The molecule has 0 radical (unpaired) electrons. The summed E-state index contributed by atoms with van der Waals surface area (Å²) in [6.07, 6.45) is 2.20. The number of likely N-dealkylation sites (tertiary alicyclic amines) is 1. The molecule has 2 fully saturated rings. The Morgan fingerprint density at radius 3 is 2.65 bits per heavy atom. The number of amides is 1. The molecule has 2 aliphatic heterocycles. The second kappa shape index (κ2) is 5.78. The summed E-state index contributed by atoms with van der Waals surface area (Å²) in [7, 11) is 0. The van der Waals surface area contributed by atoms with Gasteiger partial charge in [-0.1, -0.05) is 30.3 Å². The van der Waals surface area contributed by atoms with Gasteiger partial charge in [0.15, 0.2) is 0 Å². The molecule has 0 saturated carbocycles. The van der Waals surface area contributed by atoms with Gasteiger partial charge in [-0.2, -0.15) is 11.8 Å². The third kappa shape index (κ3) is 2.72. The minimum Gasteiger partial charge on any atom is -0.380 e. The Morgan fingerprint density at radius 2 is 1.95 bits per heavy atom. The van der Waals surface area contributed by atoms with E-state index in [1.807, 2.05) is 34.9 Å². The van der Waals surface area contributed by atoms with Crippen molar-refractivity contribution >= 4 is 17.7 Å². The molecule has 0 aliphatic carbocycles. The summed E-state index contributed by atoms with van der Waals surface area (Å²) in [5.41, 5.74) is 0.200. The Balaban J connectivity index is 1.66. The van der Waals surface area contributed by atoms with Crippen LogP contribution in [-0.2, 0) is 4.79 Å². The zero-order valence-electron chi connectivity index (χ0n) is 11.6. The van der Waals surface area contributed by atoms with Crippen LogP contribution in [-0.4, -0.2) is 46.1 Å². The first-order chi connectivity index (χ1) is 9.69. The summed E-state index contributed by atoms with van der Waals surface area (Å²) in [4.78, 5) is 14.4. The highest BCUT2D eigenvalue weighted by Gasteiger charge is 2.42. The van der Waals surface area contributed by atoms with Gasteiger partial charge in [-0.25, -0.2) is 0 Å². The highest BCUT2D eigenvalue weighted by molar-refractivity contribution is 7.99. The lowest BCUT2D eigenvalue weighted by Crippen LogP contribution is -2.50. The van der Waals surface area contributed by atoms with Crippen molar-refractivity contribution in [1.29, 1.82) is 0 Å². The zero-order valence-corrected chi connectivity index (χ0v) is 12.4. The molecule has 2 heterocycles. The lowest BCUT2D eigenvalue weighted by atomic mass is 9.95. The number of thioether (sulfide) groups is 1. The molecular formula is C16H21NO2S. The SMILES string of the molecule is O=C(N1CCC(c2ccccc2)C1)C1(O)CCSCC1. The van der Waals surface area contributed by atoms with Gasteiger partial charge >= 0.3 is 0 Å². The maximum atomic E-state index is 12.6. The molecule has 0 bridgehead atoms. The van der Waals surface area contributed by atoms with Crippen LogP contribution in [0.25, 0.3) is 0 Å². The Bertz CT molecular complexity index is 471. The van der Waals surface area contributed by atoms with Crippen LogP contribution in [0.4, 0.5) is 0 Å². The second-order valence-electron chi connectivity index (χ2n) is 5.79. The zero-order chi connectivity index (χ0) is 14.0. The minimum atomic E-state index is -1.10. The largest absolute Gasteiger partial charge is 0.380 e. The van der Waals surface area contributed by atoms with Gasteiger partial charge in [0.05, 0.1) is 0 Å². The highest BCUT2D eigenvalue weighted by Crippen LogP contribution is 2.33. The third-order valence-corrected chi connectivity index (χ3v) is 5.45. The van der Waals surface area contributed by atoms with Gasteiger partial charge in [-0.05, 0) is 36.3 Å². The van der Waals surface area contributed by atoms with Crippen molar-refractivity contribution in [3.63, 3.8) is 0 Å². The average molecular weight is 291 g/mol. The van der Waals surface area contributed by atoms with Gasteiger partial charge in [0, 0.05) is 19.0 Å². The van der Waals surface area contributed by atoms with Crippen molar-refractivity contribution in [3.8, 4) is 0 Å². The number of hydrogen-bond acceptors (Lipinski definition) is 3. The summed E-state index contributed by atoms with van der Waals surface area (Å²) >= 11 is 1.82. The predicted molar refractivity (Wildman–Crippen MR) is 81.9 cm³/mol. The van der Waals surface area contributed by atoms with Crippen LogP contribution < -0.4 is 0 Å². The highest BCUT2D eigenvalue weighted by atomic mass is 32.2. The van der Waals surface area contributed by atoms with Gasteiger partial charge in [0.25, 0.3) is 5.91 Å². The van der Waals surface area contributed by atoms with Crippen molar-refractivity contribution in [1.82, 2.24) is 4.90 Å². The molecule has 1 atom stereocenters. The van der Waals surface area contributed by atoms with Crippen LogP contribution in [0.5, 0.6) is 0 Å². The number of hydrogen-bond donors (Lipinski definition) is 1. The number of carbonyl (C=O) groups excluding carboxylic acids is 1. The Morgan fingerprint density at radius 1 is 1.25 bits per heavy atom. The molecule has 1 N–H and O–H groups in total. The third-order valence-electron chi connectivity index (χ3n) is 4.46. The molecule has 1 amide bonds. The summed E-state index contributed by atoms with van der Waals surface area (Å²) < 4.78 is 0. The van der Waals surface area contributed by atoms with Crippen LogP contribution in [0, 0.1) is 0 Å². The standard InChI is InChI=1S/C16H21NO2S/c18-15(16(19)7-10-20-11-8-16)17-9-6-14(12-17)13-4-2-1-3-5-13/h1-5,14,19H,6-12H2. The summed E-state index contributed by atoms with van der Waals surface area (Å²) in [6.45, 7) is 1.52. The average Bonchev–Trinajstić information content (AvgIpc) is 2.98. The van der Waals surface area contributed by atoms with E-state index in [-0.39, 0.29) is 5.91 Å². The van der Waals surface area contributed by atoms with E-state index in [2.05, 4.69) is 12.1 Å². The van der Waals surface area contributed by atoms with E-state index < -0.39 is 5.60 Å². The summed E-state index contributed by atoms with van der Waals surface area (Å²) in [5.74, 6) is 2.15. The van der Waals surface area contributed by atoms with Gasteiger partial charge in [-0.15, -0.1) is 0 Å². The van der Waals surface area contributed by atoms with Crippen LogP contribution in [0.3, 0.4) is 0 Å². The molecule has 1 aromatic rings. The Hall–Kier alpha value is -1.00. The van der Waals surface area contributed by atoms with E-state index in [1.165, 1.54) is 5.56 Å². The number of benzene rings is 1. The lowest BCUT2D eigenvalue weighted by molar-refractivity contribution is -0.151. The molecule has 1 unspecified atom stereocenters. The van der Waals surface area contributed by atoms with Gasteiger partial charge in [0.1, 0.15) is 5.60 Å². The fraction of sp³-hybridized carbons (Fsp3) is 0.562. The first kappa shape index (κ1) is 14.0. The molecule has 3 rings (SSSR count). The summed E-state index contributed by atoms with van der Waals surface area (Å²) in [5, 5.41) is 10.6. The van der Waals surface area contributed by atoms with E-state index in [4.69, 9.17) is 0 Å². The van der Waals surface area contributed by atoms with Crippen molar-refractivity contribution in [2.45, 2.75) is 30.8 Å². The van der Waals surface area contributed by atoms with Crippen LogP contribution in [0.2, 0.25) is 0 Å². The van der Waals surface area contributed by atoms with Crippen molar-refractivity contribution in [3.05, 3.63) is 35.9 Å². The first-order valence-corrected chi connectivity index (χ1v) is 8.49. The van der Waals surface area contributed by atoms with Crippen LogP contribution >= 0.6 is 11.8 Å². The van der Waals surface area contributed by atoms with Crippen molar-refractivity contribution in [2.24, 2.45) is 0 Å². The van der Waals surface area contributed by atoms with E-state index in [1.54, 1.807) is 0 Å². The number of aliphatic hydroxyl groups is 1. The Labute approximate surface area is 124 Å². The molecular weight excluding hydrogens is 270 g/mol. The van der Waals surface area contributed by atoms with Crippen LogP contribution in [0.15, 0.2) is 30.3 Å². The molecule has 2 aliphatic rings. The normalized spacial score (nSPS) is 25.6. The fourth-order valence-electron chi connectivity index (χ4n) is 3.16. The lowest BCUT2D eigenvalue weighted by Gasteiger charge is -2.34. The van der Waals surface area contributed by atoms with E-state index in [9.17, 15) is 9.90 Å². The van der Waals surface area contributed by atoms with E-state index in [0.717, 1.165) is 31.0 Å². The van der Waals surface area contributed by atoms with Gasteiger partial charge in [0.2, 0.25) is 0 Å². The van der Waals surface area contributed by atoms with Crippen LogP contribution in [0.1, 0.15) is 30.7 Å². The topological polar surface area (TPSA) is 40.5 Å². The molecule has 4 heteroatoms. The molecule has 3 nitrogen and oxygen atoms in total. The van der Waals surface area contributed by atoms with E-state index >= 15 is 0 Å². The first-order valence-electron chi connectivity index (χ1n) is 7.33. The molecule has 0 spiro atoms. The monoisotopic (exact) mass is 291 g/mol. The second-order valence-corrected chi connectivity index (χ2v) is 7.02. The Kier molecular flexibility index (Phi) is 4.03. The quantitative estimate of drug-likeness (QED) is 0.908. The van der Waals surface area contributed by atoms with E-state index in [0.29, 0.717) is 18.8 Å². The molecule has 0 aromatic heterocycles. The number of carbonyl (C=O) groups is 1. The molecule has 108 valence electrons. The molecule has 2 saturated heterocycles. The fourth-order valence-corrected chi connectivity index (χ4v) is 4.33. The van der Waals surface area contributed by atoms with Gasteiger partial charge in [-0.3, -0.25) is 4.79 Å². The predicted octanol–water partition coefficient (Wildman–Crippen LogP) is 2.26. The number of nitrogens with zero attached hydrogens (tertiary/aromatic N) is 1. The van der Waals surface area contributed by atoms with Crippen molar-refractivity contribution < 1.29 is 9.90 Å². The molecule has 1 aromatic carbocycles.